The quantitative estimate of drug-likeness (QED) is 0.183. The fourth-order valence-corrected chi connectivity index (χ4v) is 5.33. The van der Waals surface area contributed by atoms with Gasteiger partial charge in [0.2, 0.25) is 0 Å². The summed E-state index contributed by atoms with van der Waals surface area (Å²) in [6.45, 7) is 2.99. The van der Waals surface area contributed by atoms with Crippen molar-refractivity contribution in [2.45, 2.75) is 84.0 Å². The van der Waals surface area contributed by atoms with Gasteiger partial charge in [0, 0.05) is 11.3 Å². The Labute approximate surface area is 196 Å². The zero-order chi connectivity index (χ0) is 23.2. The van der Waals surface area contributed by atoms with Gasteiger partial charge < -0.3 is 14.5 Å². The van der Waals surface area contributed by atoms with Gasteiger partial charge in [-0.25, -0.2) is 0 Å². The van der Waals surface area contributed by atoms with E-state index in [0.717, 1.165) is 40.6 Å². The Hall–Kier alpha value is -1.46. The first-order valence-corrected chi connectivity index (χ1v) is 14.2. The Morgan fingerprint density at radius 3 is 1.97 bits per heavy atom. The molecule has 0 bridgehead atoms. The first-order valence-electron chi connectivity index (χ1n) is 11.8. The summed E-state index contributed by atoms with van der Waals surface area (Å²) >= 11 is 1.12. The fourth-order valence-electron chi connectivity index (χ4n) is 3.59. The van der Waals surface area contributed by atoms with E-state index in [1.165, 1.54) is 70.3 Å². The lowest BCUT2D eigenvalue weighted by molar-refractivity contribution is 0.104. The van der Waals surface area contributed by atoms with Crippen LogP contribution in [0, 0.1) is 0 Å². The fraction of sp³-hybridized carbons (Fsp3) is 0.560. The van der Waals surface area contributed by atoms with Crippen molar-refractivity contribution in [2.24, 2.45) is 0 Å². The Bertz CT molecular complexity index is 840. The molecular formula is C25H37O5PS. The van der Waals surface area contributed by atoms with Crippen LogP contribution in [0.15, 0.2) is 36.4 Å². The molecule has 5 nitrogen and oxygen atoms in total. The van der Waals surface area contributed by atoms with E-state index in [2.05, 4.69) is 6.92 Å². The normalized spacial score (nSPS) is 11.6. The molecule has 2 aromatic rings. The summed E-state index contributed by atoms with van der Waals surface area (Å²) in [5.74, 6) is 0.851. The minimum atomic E-state index is -4.73. The van der Waals surface area contributed by atoms with E-state index < -0.39 is 13.1 Å². The van der Waals surface area contributed by atoms with Crippen LogP contribution in [-0.4, -0.2) is 21.9 Å². The molecule has 1 aromatic heterocycles. The summed E-state index contributed by atoms with van der Waals surface area (Å²) in [6, 6.07) is 11.1. The van der Waals surface area contributed by atoms with Crippen LogP contribution in [0.2, 0.25) is 0 Å². The van der Waals surface area contributed by atoms with E-state index in [1.54, 1.807) is 6.07 Å². The van der Waals surface area contributed by atoms with E-state index in [1.807, 2.05) is 24.3 Å². The third kappa shape index (κ3) is 10.4. The number of thiophene rings is 1. The number of carbonyl (C=O) groups excluding carboxylic acids is 1. The summed E-state index contributed by atoms with van der Waals surface area (Å²) in [5, 5.41) is 0. The van der Waals surface area contributed by atoms with E-state index in [-0.39, 0.29) is 4.88 Å². The zero-order valence-electron chi connectivity index (χ0n) is 19.1. The number of hydrogen-bond acceptors (Lipinski definition) is 4. The van der Waals surface area contributed by atoms with E-state index in [9.17, 15) is 9.36 Å². The van der Waals surface area contributed by atoms with Crippen LogP contribution in [0.25, 0.3) is 0 Å². The third-order valence-electron chi connectivity index (χ3n) is 5.46. The largest absolute Gasteiger partial charge is 0.494 e. The van der Waals surface area contributed by atoms with Crippen LogP contribution in [0.1, 0.15) is 97.7 Å². The van der Waals surface area contributed by atoms with Crippen molar-refractivity contribution in [2.75, 3.05) is 6.61 Å². The SMILES string of the molecule is CCCCCCCCCCCCCOc1ccc(Cc2ccc(C(=O)P(=O)(O)O)s2)cc1. The minimum Gasteiger partial charge on any atom is -0.494 e. The van der Waals surface area contributed by atoms with Gasteiger partial charge in [0.15, 0.2) is 0 Å². The molecule has 0 atom stereocenters. The Balaban J connectivity index is 1.58. The minimum absolute atomic E-state index is 0.0975. The molecule has 0 unspecified atom stereocenters. The molecule has 0 aliphatic heterocycles. The highest BCUT2D eigenvalue weighted by atomic mass is 32.1. The first kappa shape index (κ1) is 26.8. The number of hydrogen-bond donors (Lipinski definition) is 2. The lowest BCUT2D eigenvalue weighted by Crippen LogP contribution is -1.97. The maximum absolute atomic E-state index is 11.7. The second kappa shape index (κ2) is 14.6. The molecule has 0 fully saturated rings. The van der Waals surface area contributed by atoms with Gasteiger partial charge >= 0.3 is 7.60 Å². The van der Waals surface area contributed by atoms with Crippen LogP contribution >= 0.6 is 18.9 Å². The number of carbonyl (C=O) groups is 1. The number of benzene rings is 1. The van der Waals surface area contributed by atoms with Crippen molar-refractivity contribution in [3.63, 3.8) is 0 Å². The molecule has 0 aliphatic rings. The van der Waals surface area contributed by atoms with E-state index in [4.69, 9.17) is 14.5 Å². The monoisotopic (exact) mass is 480 g/mol. The van der Waals surface area contributed by atoms with Crippen molar-refractivity contribution in [1.29, 1.82) is 0 Å². The van der Waals surface area contributed by atoms with Crippen molar-refractivity contribution < 1.29 is 23.9 Å². The predicted octanol–water partition coefficient (Wildman–Crippen LogP) is 7.35. The van der Waals surface area contributed by atoms with Gasteiger partial charge in [-0.3, -0.25) is 9.36 Å². The molecule has 0 saturated heterocycles. The molecular weight excluding hydrogens is 443 g/mol. The van der Waals surface area contributed by atoms with Gasteiger partial charge in [-0.05, 0) is 36.2 Å². The van der Waals surface area contributed by atoms with E-state index in [0.29, 0.717) is 6.42 Å². The second-order valence-electron chi connectivity index (χ2n) is 8.32. The summed E-state index contributed by atoms with van der Waals surface area (Å²) < 4.78 is 16.9. The highest BCUT2D eigenvalue weighted by molar-refractivity contribution is 7.71. The smallest absolute Gasteiger partial charge is 0.397 e. The molecule has 1 aromatic carbocycles. The molecule has 178 valence electrons. The van der Waals surface area contributed by atoms with Gasteiger partial charge in [0.05, 0.1) is 11.5 Å². The van der Waals surface area contributed by atoms with Crippen molar-refractivity contribution in [3.8, 4) is 5.75 Å². The van der Waals surface area contributed by atoms with Crippen molar-refractivity contribution >= 4 is 24.5 Å². The number of rotatable bonds is 17. The summed E-state index contributed by atoms with van der Waals surface area (Å²) in [6.07, 6.45) is 15.1. The van der Waals surface area contributed by atoms with Crippen LogP contribution < -0.4 is 4.74 Å². The average Bonchev–Trinajstić information content (AvgIpc) is 3.22. The van der Waals surface area contributed by atoms with Gasteiger partial charge in [-0.2, -0.15) is 0 Å². The number of ether oxygens (including phenoxy) is 1. The van der Waals surface area contributed by atoms with Gasteiger partial charge in [-0.15, -0.1) is 11.3 Å². The highest BCUT2D eigenvalue weighted by Gasteiger charge is 2.28. The molecule has 32 heavy (non-hydrogen) atoms. The molecule has 1 heterocycles. The van der Waals surface area contributed by atoms with Crippen LogP contribution in [0.3, 0.4) is 0 Å². The Morgan fingerprint density at radius 1 is 0.844 bits per heavy atom. The topological polar surface area (TPSA) is 83.8 Å². The van der Waals surface area contributed by atoms with Crippen molar-refractivity contribution in [1.82, 2.24) is 0 Å². The third-order valence-corrected chi connectivity index (χ3v) is 7.46. The predicted molar refractivity (Wildman–Crippen MR) is 132 cm³/mol. The summed E-state index contributed by atoms with van der Waals surface area (Å²) in [5.41, 5.74) is -0.0519. The lowest BCUT2D eigenvalue weighted by atomic mass is 10.1. The average molecular weight is 481 g/mol. The van der Waals surface area contributed by atoms with E-state index >= 15 is 0 Å². The van der Waals surface area contributed by atoms with Crippen molar-refractivity contribution in [3.05, 3.63) is 51.7 Å². The van der Waals surface area contributed by atoms with Crippen LogP contribution in [0.4, 0.5) is 0 Å². The molecule has 0 amide bonds. The molecule has 2 rings (SSSR count). The number of unbranched alkanes of at least 4 members (excludes halogenated alkanes) is 10. The standard InChI is InChI=1S/C25H37O5PS/c1-2-3-4-5-6-7-8-9-10-11-12-19-30-22-15-13-21(14-16-22)20-23-17-18-24(32-23)25(26)31(27,28)29/h13-18H,2-12,19-20H2,1H3,(H2,27,28,29). The molecule has 0 radical (unpaired) electrons. The maximum Gasteiger partial charge on any atom is 0.397 e. The highest BCUT2D eigenvalue weighted by Crippen LogP contribution is 2.41. The van der Waals surface area contributed by atoms with Crippen LogP contribution in [0.5, 0.6) is 5.75 Å². The molecule has 0 aliphatic carbocycles. The van der Waals surface area contributed by atoms with Gasteiger partial charge in [0.25, 0.3) is 5.52 Å². The molecule has 0 saturated carbocycles. The molecule has 2 N–H and O–H groups in total. The molecule has 0 spiro atoms. The summed E-state index contributed by atoms with van der Waals surface area (Å²) in [7, 11) is -4.73. The Morgan fingerprint density at radius 2 is 1.41 bits per heavy atom. The van der Waals surface area contributed by atoms with Crippen LogP contribution in [-0.2, 0) is 11.0 Å². The first-order chi connectivity index (χ1) is 15.4. The summed E-state index contributed by atoms with van der Waals surface area (Å²) in [4.78, 5) is 30.7. The zero-order valence-corrected chi connectivity index (χ0v) is 20.8. The maximum atomic E-state index is 11.7. The van der Waals surface area contributed by atoms with Gasteiger partial charge in [0.1, 0.15) is 5.75 Å². The van der Waals surface area contributed by atoms with Gasteiger partial charge in [-0.1, -0.05) is 83.3 Å². The second-order valence-corrected chi connectivity index (χ2v) is 11.0. The molecule has 7 heteroatoms. The lowest BCUT2D eigenvalue weighted by Gasteiger charge is -2.07. The Kier molecular flexibility index (Phi) is 12.3.